The fourth-order valence-electron chi connectivity index (χ4n) is 2.52. The average molecular weight is 302 g/mol. The number of carbonyl (C=O) groups excluding carboxylic acids is 1. The second-order valence-corrected chi connectivity index (χ2v) is 5.38. The summed E-state index contributed by atoms with van der Waals surface area (Å²) in [5.41, 5.74) is 2.88. The van der Waals surface area contributed by atoms with E-state index in [1.807, 2.05) is 25.1 Å². The SMILES string of the molecule is Cc1ccc2c(C=O)c(Cl)n(Cc3ccccc3F)c2c1. The smallest absolute Gasteiger partial charge is 0.153 e. The highest BCUT2D eigenvalue weighted by Crippen LogP contribution is 2.30. The van der Waals surface area contributed by atoms with Crippen LogP contribution in [-0.2, 0) is 6.54 Å². The van der Waals surface area contributed by atoms with Crippen LogP contribution in [0.15, 0.2) is 42.5 Å². The van der Waals surface area contributed by atoms with Crippen LogP contribution in [-0.4, -0.2) is 10.9 Å². The zero-order chi connectivity index (χ0) is 15.0. The van der Waals surface area contributed by atoms with Gasteiger partial charge in [0.1, 0.15) is 11.0 Å². The lowest BCUT2D eigenvalue weighted by atomic mass is 10.1. The van der Waals surface area contributed by atoms with Gasteiger partial charge in [0.2, 0.25) is 0 Å². The molecule has 21 heavy (non-hydrogen) atoms. The molecule has 106 valence electrons. The number of hydrogen-bond acceptors (Lipinski definition) is 1. The van der Waals surface area contributed by atoms with Crippen LogP contribution < -0.4 is 0 Å². The quantitative estimate of drug-likeness (QED) is 0.648. The van der Waals surface area contributed by atoms with Crippen molar-refractivity contribution in [2.75, 3.05) is 0 Å². The summed E-state index contributed by atoms with van der Waals surface area (Å²) in [6.07, 6.45) is 0.748. The van der Waals surface area contributed by atoms with E-state index in [-0.39, 0.29) is 5.82 Å². The number of rotatable bonds is 3. The topological polar surface area (TPSA) is 22.0 Å². The lowest BCUT2D eigenvalue weighted by Gasteiger charge is -2.08. The Kier molecular flexibility index (Phi) is 3.52. The standard InChI is InChI=1S/C17H13ClFNO/c1-11-6-7-13-14(10-21)17(18)20(16(13)8-11)9-12-4-2-3-5-15(12)19/h2-8,10H,9H2,1H3. The van der Waals surface area contributed by atoms with Crippen LogP contribution in [0, 0.1) is 12.7 Å². The number of halogens is 2. The molecule has 0 saturated heterocycles. The van der Waals surface area contributed by atoms with E-state index in [1.165, 1.54) is 6.07 Å². The van der Waals surface area contributed by atoms with Crippen molar-refractivity contribution in [2.45, 2.75) is 13.5 Å². The van der Waals surface area contributed by atoms with Crippen LogP contribution in [0.2, 0.25) is 5.15 Å². The summed E-state index contributed by atoms with van der Waals surface area (Å²) in [5, 5.41) is 1.13. The Labute approximate surface area is 126 Å². The molecule has 0 spiro atoms. The van der Waals surface area contributed by atoms with Crippen LogP contribution in [0.4, 0.5) is 4.39 Å². The minimum Gasteiger partial charge on any atom is -0.326 e. The van der Waals surface area contributed by atoms with Crippen molar-refractivity contribution in [3.05, 3.63) is 70.1 Å². The van der Waals surface area contributed by atoms with Crippen molar-refractivity contribution >= 4 is 28.8 Å². The third-order valence-corrected chi connectivity index (χ3v) is 4.01. The van der Waals surface area contributed by atoms with Gasteiger partial charge in [-0.3, -0.25) is 4.79 Å². The van der Waals surface area contributed by atoms with Gasteiger partial charge < -0.3 is 4.57 Å². The summed E-state index contributed by atoms with van der Waals surface area (Å²) in [6, 6.07) is 12.3. The molecule has 0 atom stereocenters. The summed E-state index contributed by atoms with van der Waals surface area (Å²) in [7, 11) is 0. The molecule has 1 aromatic heterocycles. The molecule has 0 aliphatic heterocycles. The number of hydrogen-bond donors (Lipinski definition) is 0. The zero-order valence-corrected chi connectivity index (χ0v) is 12.2. The highest BCUT2D eigenvalue weighted by atomic mass is 35.5. The minimum absolute atomic E-state index is 0.282. The Bertz CT molecular complexity index is 838. The van der Waals surface area contributed by atoms with Crippen molar-refractivity contribution in [3.8, 4) is 0 Å². The molecule has 0 aliphatic carbocycles. The Balaban J connectivity index is 2.22. The van der Waals surface area contributed by atoms with Gasteiger partial charge in [-0.1, -0.05) is 41.9 Å². The number of nitrogens with zero attached hydrogens (tertiary/aromatic N) is 1. The Morgan fingerprint density at radius 1 is 1.24 bits per heavy atom. The van der Waals surface area contributed by atoms with Crippen molar-refractivity contribution in [2.24, 2.45) is 0 Å². The highest BCUT2D eigenvalue weighted by molar-refractivity contribution is 6.34. The molecule has 0 fully saturated rings. The molecular weight excluding hydrogens is 289 g/mol. The second-order valence-electron chi connectivity index (χ2n) is 5.02. The molecule has 3 aromatic rings. The molecule has 2 aromatic carbocycles. The third kappa shape index (κ3) is 2.34. The van der Waals surface area contributed by atoms with Gasteiger partial charge in [-0.15, -0.1) is 0 Å². The fraction of sp³-hybridized carbons (Fsp3) is 0.118. The Morgan fingerprint density at radius 2 is 2.00 bits per heavy atom. The number of aldehydes is 1. The molecule has 0 aliphatic rings. The largest absolute Gasteiger partial charge is 0.326 e. The van der Waals surface area contributed by atoms with Gasteiger partial charge >= 0.3 is 0 Å². The number of aryl methyl sites for hydroxylation is 1. The Morgan fingerprint density at radius 3 is 2.71 bits per heavy atom. The number of aromatic nitrogens is 1. The molecule has 2 nitrogen and oxygen atoms in total. The number of benzene rings is 2. The van der Waals surface area contributed by atoms with Crippen molar-refractivity contribution in [3.63, 3.8) is 0 Å². The number of fused-ring (bicyclic) bond motifs is 1. The molecule has 1 heterocycles. The lowest BCUT2D eigenvalue weighted by molar-refractivity contribution is 0.112. The van der Waals surface area contributed by atoms with Gasteiger partial charge in [-0.2, -0.15) is 0 Å². The predicted octanol–water partition coefficient (Wildman–Crippen LogP) is 4.60. The molecule has 0 saturated carbocycles. The van der Waals surface area contributed by atoms with Gasteiger partial charge in [-0.05, 0) is 24.6 Å². The van der Waals surface area contributed by atoms with Crippen molar-refractivity contribution < 1.29 is 9.18 Å². The molecule has 0 unspecified atom stereocenters. The molecule has 0 radical (unpaired) electrons. The maximum atomic E-state index is 13.8. The van der Waals surface area contributed by atoms with Crippen molar-refractivity contribution in [1.29, 1.82) is 0 Å². The van der Waals surface area contributed by atoms with Crippen LogP contribution in [0.5, 0.6) is 0 Å². The molecular formula is C17H13ClFNO. The lowest BCUT2D eigenvalue weighted by Crippen LogP contribution is -2.02. The van der Waals surface area contributed by atoms with Gasteiger partial charge in [0.15, 0.2) is 6.29 Å². The summed E-state index contributed by atoms with van der Waals surface area (Å²) >= 11 is 6.32. The van der Waals surface area contributed by atoms with Gasteiger partial charge in [-0.25, -0.2) is 4.39 Å². The summed E-state index contributed by atoms with van der Waals surface area (Å²) in [6.45, 7) is 2.26. The van der Waals surface area contributed by atoms with E-state index in [1.54, 1.807) is 22.8 Å². The first-order valence-electron chi connectivity index (χ1n) is 6.58. The van der Waals surface area contributed by atoms with Crippen LogP contribution in [0.25, 0.3) is 10.9 Å². The summed E-state index contributed by atoms with van der Waals surface area (Å²) in [5.74, 6) is -0.282. The Hall–Kier alpha value is -2.13. The third-order valence-electron chi connectivity index (χ3n) is 3.60. The first kappa shape index (κ1) is 13.8. The predicted molar refractivity (Wildman–Crippen MR) is 82.6 cm³/mol. The van der Waals surface area contributed by atoms with E-state index in [0.717, 1.165) is 22.8 Å². The van der Waals surface area contributed by atoms with Gasteiger partial charge in [0.05, 0.1) is 17.6 Å². The van der Waals surface area contributed by atoms with E-state index in [4.69, 9.17) is 11.6 Å². The monoisotopic (exact) mass is 301 g/mol. The van der Waals surface area contributed by atoms with Gasteiger partial charge in [0.25, 0.3) is 0 Å². The first-order chi connectivity index (χ1) is 10.1. The first-order valence-corrected chi connectivity index (χ1v) is 6.96. The van der Waals surface area contributed by atoms with E-state index in [0.29, 0.717) is 22.8 Å². The molecule has 0 amide bonds. The van der Waals surface area contributed by atoms with Crippen LogP contribution >= 0.6 is 11.6 Å². The molecule has 3 rings (SSSR count). The van der Waals surface area contributed by atoms with Crippen LogP contribution in [0.3, 0.4) is 0 Å². The molecule has 4 heteroatoms. The normalized spacial score (nSPS) is 11.0. The van der Waals surface area contributed by atoms with Crippen LogP contribution in [0.1, 0.15) is 21.5 Å². The summed E-state index contributed by atoms with van der Waals surface area (Å²) in [4.78, 5) is 11.3. The summed E-state index contributed by atoms with van der Waals surface area (Å²) < 4.78 is 15.6. The maximum absolute atomic E-state index is 13.8. The van der Waals surface area contributed by atoms with Crippen molar-refractivity contribution in [1.82, 2.24) is 4.57 Å². The fourth-order valence-corrected chi connectivity index (χ4v) is 2.82. The minimum atomic E-state index is -0.282. The van der Waals surface area contributed by atoms with Gasteiger partial charge in [0, 0.05) is 10.9 Å². The number of carbonyl (C=O) groups is 1. The molecule has 0 N–H and O–H groups in total. The van der Waals surface area contributed by atoms with E-state index in [2.05, 4.69) is 0 Å². The highest BCUT2D eigenvalue weighted by Gasteiger charge is 2.16. The zero-order valence-electron chi connectivity index (χ0n) is 11.4. The van der Waals surface area contributed by atoms with E-state index in [9.17, 15) is 9.18 Å². The maximum Gasteiger partial charge on any atom is 0.153 e. The average Bonchev–Trinajstić information content (AvgIpc) is 2.73. The second kappa shape index (κ2) is 5.34. The van der Waals surface area contributed by atoms with E-state index >= 15 is 0 Å². The molecule has 0 bridgehead atoms. The van der Waals surface area contributed by atoms with E-state index < -0.39 is 0 Å².